The van der Waals surface area contributed by atoms with Crippen LogP contribution >= 0.6 is 15.9 Å². The Hall–Kier alpha value is -7.03. The lowest BCUT2D eigenvalue weighted by Gasteiger charge is -2.38. The van der Waals surface area contributed by atoms with Crippen molar-refractivity contribution in [2.45, 2.75) is 76.4 Å². The van der Waals surface area contributed by atoms with Crippen molar-refractivity contribution in [1.82, 2.24) is 48.4 Å². The molecule has 7 aromatic rings. The van der Waals surface area contributed by atoms with Crippen molar-refractivity contribution >= 4 is 27.9 Å². The number of H-pyrrole nitrogens is 1. The Balaban J connectivity index is 0.000000180. The van der Waals surface area contributed by atoms with Gasteiger partial charge in [-0.1, -0.05) is 125 Å². The number of aromatic amines is 1. The summed E-state index contributed by atoms with van der Waals surface area (Å²) >= 11 is 3.35. The molecule has 0 radical (unpaired) electrons. The third-order valence-corrected chi connectivity index (χ3v) is 12.4. The van der Waals surface area contributed by atoms with Gasteiger partial charge in [0.2, 0.25) is 0 Å². The van der Waals surface area contributed by atoms with E-state index in [9.17, 15) is 18.8 Å². The lowest BCUT2D eigenvalue weighted by atomic mass is 9.99. The summed E-state index contributed by atoms with van der Waals surface area (Å²) in [5.41, 5.74) is 3.14. The van der Waals surface area contributed by atoms with Gasteiger partial charge in [0.15, 0.2) is 17.5 Å². The topological polar surface area (TPSA) is 217 Å². The number of nitrogens with one attached hydrogen (secondary N) is 1. The molecule has 2 fully saturated rings. The number of aliphatic carboxylic acids is 2. The van der Waals surface area contributed by atoms with E-state index < -0.39 is 11.9 Å². The lowest BCUT2D eigenvalue weighted by Crippen LogP contribution is -2.46. The molecule has 0 saturated carbocycles. The van der Waals surface area contributed by atoms with Gasteiger partial charge in [0.05, 0.1) is 12.7 Å². The maximum Gasteiger partial charge on any atom is 0.414 e. The standard InChI is InChI=1S/C26H31FN4O2.C12H14BrN3O.C9H9N3O.C2H2O4/c1-29-25(19-8-3-2-4-9-19)28-31(26(29)32)15-7-14-30-21-12-13-22(30)17-23(16-21)33-18-20-10-5-6-11-24(20)27;1-15-11(10-6-3-2-4-7-10)14-16(12(15)17)9-5-8-13;1-12-8(10-11-9(12)13)7-5-3-2-4-6-7;3-1(4)2(5)6/h2-6,8-11,21-23H,7,12-18H2,1H3;2-4,6-7H,5,8-9H2,1H3;2-6H,1H3,(H,11,13);(H,3,4)(H,5,6). The highest BCUT2D eigenvalue weighted by molar-refractivity contribution is 9.09. The minimum absolute atomic E-state index is 0.0650. The Morgan fingerprint density at radius 2 is 1.10 bits per heavy atom. The molecule has 0 amide bonds. The van der Waals surface area contributed by atoms with Crippen LogP contribution < -0.4 is 17.1 Å². The quantitative estimate of drug-likeness (QED) is 0.0902. The van der Waals surface area contributed by atoms with Gasteiger partial charge in [-0.15, -0.1) is 10.2 Å². The zero-order valence-corrected chi connectivity index (χ0v) is 40.2. The Morgan fingerprint density at radius 3 is 1.54 bits per heavy atom. The van der Waals surface area contributed by atoms with Gasteiger partial charge in [-0.3, -0.25) is 18.6 Å². The number of carboxylic acids is 2. The van der Waals surface area contributed by atoms with E-state index in [0.717, 1.165) is 54.2 Å². The predicted octanol–water partition coefficient (Wildman–Crippen LogP) is 5.96. The number of benzene rings is 4. The second-order valence-electron chi connectivity index (χ2n) is 16.4. The van der Waals surface area contributed by atoms with Gasteiger partial charge in [0.25, 0.3) is 0 Å². The van der Waals surface area contributed by atoms with Crippen molar-refractivity contribution in [2.75, 3.05) is 11.9 Å². The van der Waals surface area contributed by atoms with E-state index in [0.29, 0.717) is 54.8 Å². The highest BCUT2D eigenvalue weighted by Crippen LogP contribution is 2.37. The van der Waals surface area contributed by atoms with Crippen LogP contribution in [-0.4, -0.2) is 101 Å². The van der Waals surface area contributed by atoms with Gasteiger partial charge in [-0.05, 0) is 44.6 Å². The fourth-order valence-corrected chi connectivity index (χ4v) is 8.55. The minimum Gasteiger partial charge on any atom is -0.473 e. The summed E-state index contributed by atoms with van der Waals surface area (Å²) in [6, 6.07) is 37.0. The van der Waals surface area contributed by atoms with Crippen LogP contribution in [0.25, 0.3) is 34.2 Å². The number of piperidine rings is 1. The zero-order valence-electron chi connectivity index (χ0n) is 38.6. The molecule has 2 saturated heterocycles. The lowest BCUT2D eigenvalue weighted by molar-refractivity contribution is -0.159. The molecule has 0 spiro atoms. The maximum atomic E-state index is 13.9. The van der Waals surface area contributed by atoms with Crippen molar-refractivity contribution in [3.8, 4) is 34.2 Å². The van der Waals surface area contributed by atoms with Crippen molar-refractivity contribution in [2.24, 2.45) is 21.1 Å². The molecule has 2 aliphatic heterocycles. The van der Waals surface area contributed by atoms with Crippen LogP contribution in [-0.2, 0) is 55.2 Å². The largest absolute Gasteiger partial charge is 0.473 e. The first-order valence-electron chi connectivity index (χ1n) is 22.5. The second-order valence-corrected chi connectivity index (χ2v) is 17.2. The van der Waals surface area contributed by atoms with Gasteiger partial charge in [0, 0.05) is 80.4 Å². The normalized spacial score (nSPS) is 16.0. The van der Waals surface area contributed by atoms with Crippen molar-refractivity contribution in [1.29, 1.82) is 0 Å². The van der Waals surface area contributed by atoms with Gasteiger partial charge < -0.3 is 14.9 Å². The van der Waals surface area contributed by atoms with E-state index in [1.807, 2.05) is 97.1 Å². The van der Waals surface area contributed by atoms with Crippen molar-refractivity contribution < 1.29 is 28.9 Å². The number of fused-ring (bicyclic) bond motifs is 2. The van der Waals surface area contributed by atoms with Crippen molar-refractivity contribution in [3.05, 3.63) is 158 Å². The third-order valence-electron chi connectivity index (χ3n) is 11.8. The number of rotatable bonds is 13. The molecule has 2 atom stereocenters. The molecule has 364 valence electrons. The molecule has 20 heteroatoms. The predicted molar refractivity (Wildman–Crippen MR) is 261 cm³/mol. The van der Waals surface area contributed by atoms with E-state index in [4.69, 9.17) is 24.5 Å². The summed E-state index contributed by atoms with van der Waals surface area (Å²) in [5, 5.41) is 30.9. The number of carbonyl (C=O) groups is 2. The fraction of sp³-hybridized carbons (Fsp3) is 0.347. The third kappa shape index (κ3) is 13.6. The van der Waals surface area contributed by atoms with Crippen molar-refractivity contribution in [3.63, 3.8) is 0 Å². The number of hydrogen-bond donors (Lipinski definition) is 3. The summed E-state index contributed by atoms with van der Waals surface area (Å²) in [5.74, 6) is -1.77. The van der Waals surface area contributed by atoms with Crippen LogP contribution in [0.5, 0.6) is 0 Å². The van der Waals surface area contributed by atoms with E-state index in [1.165, 1.54) is 28.2 Å². The van der Waals surface area contributed by atoms with Crippen LogP contribution in [0, 0.1) is 5.82 Å². The molecule has 69 heavy (non-hydrogen) atoms. The molecule has 0 aliphatic carbocycles. The smallest absolute Gasteiger partial charge is 0.414 e. The number of hydrogen-bond acceptors (Lipinski definition) is 10. The van der Waals surface area contributed by atoms with E-state index in [-0.39, 0.29) is 29.0 Å². The minimum atomic E-state index is -1.82. The van der Waals surface area contributed by atoms with E-state index in [2.05, 4.69) is 41.2 Å². The molecule has 5 heterocycles. The van der Waals surface area contributed by atoms with Gasteiger partial charge >= 0.3 is 29.0 Å². The summed E-state index contributed by atoms with van der Waals surface area (Å²) in [6.07, 6.45) is 6.33. The average molecular weight is 1010 g/mol. The van der Waals surface area contributed by atoms with Gasteiger partial charge in [-0.25, -0.2) is 42.8 Å². The summed E-state index contributed by atoms with van der Waals surface area (Å²) in [4.78, 5) is 56.4. The van der Waals surface area contributed by atoms with Crippen LogP contribution in [0.15, 0.2) is 130 Å². The summed E-state index contributed by atoms with van der Waals surface area (Å²) in [6.45, 7) is 2.55. The Morgan fingerprint density at radius 1 is 0.652 bits per heavy atom. The van der Waals surface area contributed by atoms with E-state index >= 15 is 0 Å². The second kappa shape index (κ2) is 24.8. The monoisotopic (exact) mass is 1010 g/mol. The number of aromatic nitrogens is 9. The molecule has 3 N–H and O–H groups in total. The fourth-order valence-electron chi connectivity index (χ4n) is 8.30. The molecule has 9 rings (SSSR count). The molecular weight excluding hydrogens is 956 g/mol. The number of halogens is 2. The number of carboxylic acid groups (broad SMARTS) is 2. The van der Waals surface area contributed by atoms with Crippen LogP contribution in [0.4, 0.5) is 4.39 Å². The van der Waals surface area contributed by atoms with Crippen LogP contribution in [0.2, 0.25) is 0 Å². The number of nitrogens with zero attached hydrogens (tertiary/aromatic N) is 9. The highest BCUT2D eigenvalue weighted by Gasteiger charge is 2.40. The SMILES string of the molecule is Cn1c(-c2ccccc2)n[nH]c1=O.Cn1c(-c2ccccc2)nn(CCCBr)c1=O.Cn1c(-c2ccccc2)nn(CCCN2C3CCC2CC(OCc2ccccc2F)C3)c1=O.O=C(O)C(=O)O. The van der Waals surface area contributed by atoms with E-state index in [1.54, 1.807) is 47.1 Å². The molecule has 2 bridgehead atoms. The number of ether oxygens (including phenoxy) is 1. The number of alkyl halides is 1. The first-order chi connectivity index (χ1) is 33.3. The molecule has 3 aromatic heterocycles. The highest BCUT2D eigenvalue weighted by atomic mass is 79.9. The van der Waals surface area contributed by atoms with Gasteiger partial charge in [0.1, 0.15) is 5.82 Å². The molecular formula is C49H56BrFN10O8. The zero-order chi connectivity index (χ0) is 49.5. The summed E-state index contributed by atoms with van der Waals surface area (Å²) in [7, 11) is 5.22. The first kappa shape index (κ1) is 51.4. The molecule has 2 aliphatic rings. The molecule has 4 aromatic carbocycles. The van der Waals surface area contributed by atoms with Crippen LogP contribution in [0.1, 0.15) is 44.1 Å². The molecule has 18 nitrogen and oxygen atoms in total. The Bertz CT molecular complexity index is 2910. The molecule has 2 unspecified atom stereocenters. The maximum absolute atomic E-state index is 13.9. The Labute approximate surface area is 405 Å². The average Bonchev–Trinajstić information content (AvgIpc) is 4.03. The Kier molecular flexibility index (Phi) is 18.5. The van der Waals surface area contributed by atoms with Crippen LogP contribution in [0.3, 0.4) is 0 Å². The first-order valence-corrected chi connectivity index (χ1v) is 23.6. The van der Waals surface area contributed by atoms with Gasteiger partial charge in [-0.2, -0.15) is 5.10 Å². The number of aryl methyl sites for hydroxylation is 2. The summed E-state index contributed by atoms with van der Waals surface area (Å²) < 4.78 is 27.8.